The Kier molecular flexibility index (Phi) is 4.21. The van der Waals surface area contributed by atoms with E-state index in [1.807, 2.05) is 24.3 Å². The third-order valence-corrected chi connectivity index (χ3v) is 3.97. The first-order chi connectivity index (χ1) is 10.3. The molecule has 2 heterocycles. The summed E-state index contributed by atoms with van der Waals surface area (Å²) in [5.74, 6) is 1.54. The summed E-state index contributed by atoms with van der Waals surface area (Å²) in [4.78, 5) is 19.1. The normalized spacial score (nSPS) is 10.7. The molecule has 0 aliphatic heterocycles. The van der Waals surface area contributed by atoms with Crippen LogP contribution in [0.5, 0.6) is 0 Å². The van der Waals surface area contributed by atoms with Gasteiger partial charge in [0.1, 0.15) is 5.76 Å². The average Bonchev–Trinajstić information content (AvgIpc) is 3.02. The van der Waals surface area contributed by atoms with Crippen molar-refractivity contribution < 1.29 is 4.42 Å². The Bertz CT molecular complexity index is 751. The van der Waals surface area contributed by atoms with Gasteiger partial charge in [-0.15, -0.1) is 0 Å². The highest BCUT2D eigenvalue weighted by Gasteiger charge is 2.06. The van der Waals surface area contributed by atoms with Gasteiger partial charge in [0.2, 0.25) is 0 Å². The number of aromatic nitrogens is 2. The summed E-state index contributed by atoms with van der Waals surface area (Å²) in [6.07, 6.45) is 3.68. The molecular weight excluding hydrogens is 284 g/mol. The smallest absolute Gasteiger partial charge is 0.255 e. The largest absolute Gasteiger partial charge is 0.469 e. The van der Waals surface area contributed by atoms with Crippen molar-refractivity contribution >= 4 is 11.8 Å². The standard InChI is InChI=1S/C16H14N2O2S/c19-15-13(9-14-7-4-8-20-14)10-17-16(18-15)21-11-12-5-2-1-3-6-12/h1-8,10H,9,11H2,(H,17,18,19). The van der Waals surface area contributed by atoms with Gasteiger partial charge in [-0.2, -0.15) is 0 Å². The first-order valence-corrected chi connectivity index (χ1v) is 7.57. The highest BCUT2D eigenvalue weighted by atomic mass is 32.2. The summed E-state index contributed by atoms with van der Waals surface area (Å²) in [7, 11) is 0. The van der Waals surface area contributed by atoms with Crippen LogP contribution in [0, 0.1) is 0 Å². The average molecular weight is 298 g/mol. The maximum absolute atomic E-state index is 12.0. The minimum Gasteiger partial charge on any atom is -0.469 e. The first-order valence-electron chi connectivity index (χ1n) is 6.58. The second-order valence-corrected chi connectivity index (χ2v) is 5.54. The molecule has 0 spiro atoms. The molecule has 3 rings (SSSR count). The molecule has 0 saturated carbocycles. The lowest BCUT2D eigenvalue weighted by molar-refractivity contribution is 0.519. The molecule has 4 nitrogen and oxygen atoms in total. The fraction of sp³-hybridized carbons (Fsp3) is 0.125. The van der Waals surface area contributed by atoms with E-state index in [2.05, 4.69) is 22.1 Å². The molecule has 0 bridgehead atoms. The van der Waals surface area contributed by atoms with Gasteiger partial charge in [0, 0.05) is 23.9 Å². The van der Waals surface area contributed by atoms with E-state index in [1.54, 1.807) is 18.5 Å². The maximum Gasteiger partial charge on any atom is 0.255 e. The molecule has 1 aromatic carbocycles. The van der Waals surface area contributed by atoms with Crippen molar-refractivity contribution in [3.63, 3.8) is 0 Å². The highest BCUT2D eigenvalue weighted by molar-refractivity contribution is 7.98. The minimum atomic E-state index is -0.114. The number of furan rings is 1. The van der Waals surface area contributed by atoms with Crippen molar-refractivity contribution in [3.8, 4) is 0 Å². The predicted molar refractivity (Wildman–Crippen MR) is 82.4 cm³/mol. The van der Waals surface area contributed by atoms with E-state index in [0.717, 1.165) is 11.5 Å². The number of hydrogen-bond donors (Lipinski definition) is 1. The summed E-state index contributed by atoms with van der Waals surface area (Å²) in [6.45, 7) is 0. The van der Waals surface area contributed by atoms with E-state index in [9.17, 15) is 4.79 Å². The van der Waals surface area contributed by atoms with Crippen LogP contribution in [0.4, 0.5) is 0 Å². The number of nitrogens with one attached hydrogen (secondary N) is 1. The fourth-order valence-electron chi connectivity index (χ4n) is 1.93. The van der Waals surface area contributed by atoms with Gasteiger partial charge in [-0.1, -0.05) is 42.1 Å². The summed E-state index contributed by atoms with van der Waals surface area (Å²) in [5, 5.41) is 0.632. The zero-order valence-electron chi connectivity index (χ0n) is 11.3. The maximum atomic E-state index is 12.0. The molecule has 3 aromatic rings. The Morgan fingerprint density at radius 1 is 1.14 bits per heavy atom. The van der Waals surface area contributed by atoms with Crippen LogP contribution in [0.1, 0.15) is 16.9 Å². The molecule has 106 valence electrons. The molecule has 5 heteroatoms. The van der Waals surface area contributed by atoms with Crippen LogP contribution >= 0.6 is 11.8 Å². The Morgan fingerprint density at radius 2 is 2.00 bits per heavy atom. The SMILES string of the molecule is O=c1[nH]c(SCc2ccccc2)ncc1Cc1ccco1. The quantitative estimate of drug-likeness (QED) is 0.580. The molecule has 0 saturated heterocycles. The van der Waals surface area contributed by atoms with Crippen molar-refractivity contribution in [2.45, 2.75) is 17.3 Å². The third kappa shape index (κ3) is 3.64. The summed E-state index contributed by atoms with van der Waals surface area (Å²) in [5.41, 5.74) is 1.69. The van der Waals surface area contributed by atoms with Crippen LogP contribution in [0.3, 0.4) is 0 Å². The van der Waals surface area contributed by atoms with Crippen LogP contribution in [0.15, 0.2) is 69.3 Å². The summed E-state index contributed by atoms with van der Waals surface area (Å²) < 4.78 is 5.24. The van der Waals surface area contributed by atoms with E-state index in [1.165, 1.54) is 17.3 Å². The van der Waals surface area contributed by atoms with Crippen LogP contribution in [0.25, 0.3) is 0 Å². The number of aromatic amines is 1. The number of H-pyrrole nitrogens is 1. The number of benzene rings is 1. The number of hydrogen-bond acceptors (Lipinski definition) is 4. The van der Waals surface area contributed by atoms with Crippen molar-refractivity contribution in [1.82, 2.24) is 9.97 Å². The van der Waals surface area contributed by atoms with Crippen LogP contribution in [-0.4, -0.2) is 9.97 Å². The zero-order chi connectivity index (χ0) is 14.5. The van der Waals surface area contributed by atoms with Crippen LogP contribution in [-0.2, 0) is 12.2 Å². The number of thioether (sulfide) groups is 1. The topological polar surface area (TPSA) is 58.9 Å². The monoisotopic (exact) mass is 298 g/mol. The lowest BCUT2D eigenvalue weighted by atomic mass is 10.2. The van der Waals surface area contributed by atoms with Crippen molar-refractivity contribution in [1.29, 1.82) is 0 Å². The Labute approximate surface area is 126 Å². The second-order valence-electron chi connectivity index (χ2n) is 4.57. The van der Waals surface area contributed by atoms with Gasteiger partial charge in [0.15, 0.2) is 5.16 Å². The lowest BCUT2D eigenvalue weighted by Gasteiger charge is -2.02. The van der Waals surface area contributed by atoms with E-state index >= 15 is 0 Å². The van der Waals surface area contributed by atoms with Gasteiger partial charge in [0.25, 0.3) is 5.56 Å². The molecular formula is C16H14N2O2S. The summed E-state index contributed by atoms with van der Waals surface area (Å²) in [6, 6.07) is 13.7. The molecule has 0 atom stereocenters. The first kappa shape index (κ1) is 13.7. The molecule has 0 unspecified atom stereocenters. The zero-order valence-corrected chi connectivity index (χ0v) is 12.1. The third-order valence-electron chi connectivity index (χ3n) is 3.01. The second kappa shape index (κ2) is 6.45. The summed E-state index contributed by atoms with van der Waals surface area (Å²) >= 11 is 1.51. The molecule has 1 N–H and O–H groups in total. The molecule has 0 aliphatic carbocycles. The van der Waals surface area contributed by atoms with E-state index in [-0.39, 0.29) is 5.56 Å². The molecule has 0 radical (unpaired) electrons. The van der Waals surface area contributed by atoms with E-state index in [0.29, 0.717) is 17.1 Å². The Balaban J connectivity index is 1.68. The van der Waals surface area contributed by atoms with Gasteiger partial charge in [-0.25, -0.2) is 4.98 Å². The van der Waals surface area contributed by atoms with E-state index < -0.39 is 0 Å². The molecule has 0 amide bonds. The molecule has 21 heavy (non-hydrogen) atoms. The Morgan fingerprint density at radius 3 is 2.71 bits per heavy atom. The predicted octanol–water partition coefficient (Wildman–Crippen LogP) is 3.25. The Hall–Kier alpha value is -2.27. The van der Waals surface area contributed by atoms with Gasteiger partial charge in [0.05, 0.1) is 6.26 Å². The minimum absolute atomic E-state index is 0.114. The van der Waals surface area contributed by atoms with Crippen LogP contribution in [0.2, 0.25) is 0 Å². The lowest BCUT2D eigenvalue weighted by Crippen LogP contribution is -2.14. The number of nitrogens with zero attached hydrogens (tertiary/aromatic N) is 1. The van der Waals surface area contributed by atoms with Crippen molar-refractivity contribution in [2.24, 2.45) is 0 Å². The molecule has 2 aromatic heterocycles. The van der Waals surface area contributed by atoms with E-state index in [4.69, 9.17) is 4.42 Å². The van der Waals surface area contributed by atoms with Gasteiger partial charge in [-0.05, 0) is 17.7 Å². The molecule has 0 fully saturated rings. The number of rotatable bonds is 5. The van der Waals surface area contributed by atoms with Crippen molar-refractivity contribution in [3.05, 3.63) is 82.2 Å². The fourth-order valence-corrected chi connectivity index (χ4v) is 2.72. The highest BCUT2D eigenvalue weighted by Crippen LogP contribution is 2.17. The van der Waals surface area contributed by atoms with Crippen LogP contribution < -0.4 is 5.56 Å². The van der Waals surface area contributed by atoms with Gasteiger partial charge < -0.3 is 9.40 Å². The van der Waals surface area contributed by atoms with Crippen molar-refractivity contribution in [2.75, 3.05) is 0 Å². The molecule has 0 aliphatic rings. The van der Waals surface area contributed by atoms with Gasteiger partial charge in [-0.3, -0.25) is 4.79 Å². The van der Waals surface area contributed by atoms with Gasteiger partial charge >= 0.3 is 0 Å².